The Hall–Kier alpha value is -2.66. The number of benzene rings is 2. The van der Waals surface area contributed by atoms with E-state index in [4.69, 9.17) is 0 Å². The van der Waals surface area contributed by atoms with Crippen LogP contribution in [-0.4, -0.2) is 10.7 Å². The zero-order chi connectivity index (χ0) is 34.8. The first-order valence-electron chi connectivity index (χ1n) is 20.5. The minimum absolute atomic E-state index is 0.908. The van der Waals surface area contributed by atoms with Crippen molar-refractivity contribution in [1.29, 1.82) is 0 Å². The van der Waals surface area contributed by atoms with Gasteiger partial charge < -0.3 is 5.53 Å². The molecule has 0 amide bonds. The highest BCUT2D eigenvalue weighted by Crippen LogP contribution is 2.37. The summed E-state index contributed by atoms with van der Waals surface area (Å²) in [7, 11) is 0. The first-order valence-corrected chi connectivity index (χ1v) is 20.5. The van der Waals surface area contributed by atoms with Crippen LogP contribution in [-0.2, 0) is 25.7 Å². The molecule has 0 unspecified atom stereocenters. The van der Waals surface area contributed by atoms with Crippen molar-refractivity contribution in [3.05, 3.63) is 86.5 Å². The summed E-state index contributed by atoms with van der Waals surface area (Å²) in [6, 6.07) is 15.1. The van der Waals surface area contributed by atoms with Gasteiger partial charge in [0.05, 0.1) is 5.57 Å². The maximum absolute atomic E-state index is 9.96. The van der Waals surface area contributed by atoms with Gasteiger partial charge in [0.25, 0.3) is 0 Å². The number of aryl methyl sites for hydroxylation is 4. The van der Waals surface area contributed by atoms with E-state index in [0.29, 0.717) is 0 Å². The molecule has 2 nitrogen and oxygen atoms in total. The maximum atomic E-state index is 9.96. The van der Waals surface area contributed by atoms with E-state index in [1.165, 1.54) is 141 Å². The monoisotopic (exact) mass is 653 g/mol. The fourth-order valence-corrected chi connectivity index (χ4v) is 7.02. The number of allylic oxidation sites excluding steroid dienone is 2. The van der Waals surface area contributed by atoms with Gasteiger partial charge in [-0.25, -0.2) is 0 Å². The molecule has 266 valence electrons. The Morgan fingerprint density at radius 2 is 0.854 bits per heavy atom. The lowest BCUT2D eigenvalue weighted by molar-refractivity contribution is 0.00739. The van der Waals surface area contributed by atoms with E-state index in [-0.39, 0.29) is 0 Å². The van der Waals surface area contributed by atoms with E-state index in [1.807, 2.05) is 0 Å². The van der Waals surface area contributed by atoms with Gasteiger partial charge >= 0.3 is 5.87 Å². The van der Waals surface area contributed by atoms with Crippen molar-refractivity contribution >= 4 is 11.4 Å². The van der Waals surface area contributed by atoms with Gasteiger partial charge in [0.15, 0.2) is 0 Å². The summed E-state index contributed by atoms with van der Waals surface area (Å²) in [5.74, 6) is 3.15. The molecule has 0 spiro atoms. The number of hydrogen-bond donors (Lipinski definition) is 0. The molecule has 2 rings (SSSR count). The lowest BCUT2D eigenvalue weighted by Gasteiger charge is -2.21. The molecule has 0 saturated heterocycles. The number of unbranched alkanes of at least 4 members (excludes halogenated alkanes) is 12. The van der Waals surface area contributed by atoms with Crippen LogP contribution in [0.2, 0.25) is 0 Å². The minimum Gasteiger partial charge on any atom is -0.348 e. The van der Waals surface area contributed by atoms with Gasteiger partial charge in [0, 0.05) is 0 Å². The molecule has 0 radical (unpaired) electrons. The Morgan fingerprint density at radius 1 is 0.458 bits per heavy atom. The van der Waals surface area contributed by atoms with Crippen LogP contribution in [0.1, 0.15) is 203 Å². The van der Waals surface area contributed by atoms with Crippen molar-refractivity contribution in [3.63, 3.8) is 0 Å². The van der Waals surface area contributed by atoms with Crippen molar-refractivity contribution in [2.24, 2.45) is 0 Å². The second-order valence-electron chi connectivity index (χ2n) is 14.4. The lowest BCUT2D eigenvalue weighted by Crippen LogP contribution is -2.04. The van der Waals surface area contributed by atoms with Crippen LogP contribution >= 0.6 is 0 Å². The summed E-state index contributed by atoms with van der Waals surface area (Å²) < 4.78 is 0. The second-order valence-corrected chi connectivity index (χ2v) is 14.4. The predicted octanol–water partition coefficient (Wildman–Crippen LogP) is 14.4. The second kappa shape index (κ2) is 26.2. The molecule has 0 N–H and O–H groups in total. The largest absolute Gasteiger partial charge is 0.348 e. The van der Waals surface area contributed by atoms with Crippen molar-refractivity contribution in [2.45, 2.75) is 196 Å². The van der Waals surface area contributed by atoms with E-state index in [1.54, 1.807) is 0 Å². The summed E-state index contributed by atoms with van der Waals surface area (Å²) in [5, 5.41) is 0. The van der Waals surface area contributed by atoms with Crippen molar-refractivity contribution in [2.75, 3.05) is 0 Å². The molecule has 2 heteroatoms. The summed E-state index contributed by atoms with van der Waals surface area (Å²) >= 11 is 0. The summed E-state index contributed by atoms with van der Waals surface area (Å²) in [5.41, 5.74) is 22.4. The van der Waals surface area contributed by atoms with E-state index in [2.05, 4.69) is 88.6 Å². The van der Waals surface area contributed by atoms with Crippen LogP contribution in [0.3, 0.4) is 0 Å². The Labute approximate surface area is 297 Å². The fraction of sp³-hybridized carbons (Fsp3) is 0.652. The molecule has 0 aliphatic carbocycles. The highest BCUT2D eigenvalue weighted by atomic mass is 14.8. The molecule has 0 saturated carbocycles. The van der Waals surface area contributed by atoms with Crippen LogP contribution in [0.25, 0.3) is 11.1 Å². The Balaban J connectivity index is 2.94. The standard InChI is InChI=1S/C46H72N2/c1-7-13-19-22-27-40-32-41(28-23-20-14-8-2)36-44(35-40)46(43-33-38(25-16-10-4)31-39(34-43)26-17-11-5)45(30-18-12-6)42(37-48-47)29-24-21-15-9-3/h31-36H,7-30H2,1-6H3. The van der Waals surface area contributed by atoms with Crippen LogP contribution in [0.15, 0.2) is 47.5 Å². The molecule has 0 fully saturated rings. The van der Waals surface area contributed by atoms with E-state index >= 15 is 0 Å². The van der Waals surface area contributed by atoms with E-state index < -0.39 is 0 Å². The third kappa shape index (κ3) is 15.7. The minimum atomic E-state index is 0.908. The van der Waals surface area contributed by atoms with Crippen LogP contribution in [0, 0.1) is 0 Å². The summed E-state index contributed by atoms with van der Waals surface area (Å²) in [4.78, 5) is 3.58. The zero-order valence-corrected chi connectivity index (χ0v) is 32.3. The molecule has 0 heterocycles. The van der Waals surface area contributed by atoms with Crippen molar-refractivity contribution < 1.29 is 4.79 Å². The Bertz CT molecular complexity index is 1230. The van der Waals surface area contributed by atoms with Crippen molar-refractivity contribution in [1.82, 2.24) is 0 Å². The molecule has 2 aromatic rings. The fourth-order valence-electron chi connectivity index (χ4n) is 7.02. The quantitative estimate of drug-likeness (QED) is 0.0303. The number of hydrogen-bond acceptors (Lipinski definition) is 0. The molecule has 0 aromatic heterocycles. The lowest BCUT2D eigenvalue weighted by atomic mass is 9.82. The number of nitrogens with zero attached hydrogens (tertiary/aromatic N) is 2. The Kier molecular flexibility index (Phi) is 22.7. The highest BCUT2D eigenvalue weighted by Gasteiger charge is 2.20. The van der Waals surface area contributed by atoms with Gasteiger partial charge in [-0.1, -0.05) is 155 Å². The van der Waals surface area contributed by atoms with Crippen LogP contribution in [0.4, 0.5) is 0 Å². The van der Waals surface area contributed by atoms with Gasteiger partial charge in [-0.15, -0.1) is 4.79 Å². The topological polar surface area (TPSA) is 36.4 Å². The van der Waals surface area contributed by atoms with Gasteiger partial charge in [-0.05, 0) is 122 Å². The zero-order valence-electron chi connectivity index (χ0n) is 32.3. The van der Waals surface area contributed by atoms with E-state index in [9.17, 15) is 5.53 Å². The highest BCUT2D eigenvalue weighted by molar-refractivity contribution is 5.87. The summed E-state index contributed by atoms with van der Waals surface area (Å²) in [6.07, 6.45) is 28.5. The molecular formula is C46H72N2. The predicted molar refractivity (Wildman–Crippen MR) is 212 cm³/mol. The molecule has 0 atom stereocenters. The normalized spacial score (nSPS) is 11.7. The molecule has 2 aromatic carbocycles. The molecule has 48 heavy (non-hydrogen) atoms. The molecule has 0 aliphatic heterocycles. The average Bonchev–Trinajstić information content (AvgIpc) is 3.10. The van der Waals surface area contributed by atoms with Gasteiger partial charge in [0.2, 0.25) is 0 Å². The number of rotatable bonds is 27. The smallest absolute Gasteiger partial charge is 0.303 e. The maximum Gasteiger partial charge on any atom is 0.303 e. The van der Waals surface area contributed by atoms with Gasteiger partial charge in [-0.3, -0.25) is 0 Å². The third-order valence-corrected chi connectivity index (χ3v) is 9.87. The average molecular weight is 653 g/mol. The third-order valence-electron chi connectivity index (χ3n) is 9.87. The Morgan fingerprint density at radius 3 is 1.25 bits per heavy atom. The molecular weight excluding hydrogens is 581 g/mol. The SMILES string of the molecule is CCCCCCC(=C=[N+]=[N-])C(CCCC)=C(c1cc(CCCC)cc(CCCC)c1)c1cc(CCCCCC)cc(CCCCCC)c1. The van der Waals surface area contributed by atoms with Gasteiger partial charge in [0.1, 0.15) is 0 Å². The first kappa shape index (κ1) is 41.5. The molecule has 0 aliphatic rings. The molecule has 0 bridgehead atoms. The van der Waals surface area contributed by atoms with Crippen molar-refractivity contribution in [3.8, 4) is 0 Å². The van der Waals surface area contributed by atoms with E-state index in [0.717, 1.165) is 63.4 Å². The van der Waals surface area contributed by atoms with Crippen LogP contribution < -0.4 is 0 Å². The van der Waals surface area contributed by atoms with Gasteiger partial charge in [-0.2, -0.15) is 0 Å². The summed E-state index contributed by atoms with van der Waals surface area (Å²) in [6.45, 7) is 13.8. The van der Waals surface area contributed by atoms with Crippen LogP contribution in [0.5, 0.6) is 0 Å². The first-order chi connectivity index (χ1) is 23.5.